The minimum Gasteiger partial charge on any atom is -0.490 e. The van der Waals surface area contributed by atoms with Gasteiger partial charge >= 0.3 is 0 Å². The van der Waals surface area contributed by atoms with Crippen molar-refractivity contribution in [1.82, 2.24) is 5.32 Å². The summed E-state index contributed by atoms with van der Waals surface area (Å²) in [7, 11) is 0. The Morgan fingerprint density at radius 1 is 1.33 bits per heavy atom. The second-order valence-electron chi connectivity index (χ2n) is 5.90. The standard InChI is InChI=1S/C17H26FNO2/c1-5-19-13(4)17-15(18)7-6-8-16(17)21-14-9-11(2)20-12(3)10-14/h6-8,11-14,19H,5,9-10H2,1-4H3. The number of nitrogens with one attached hydrogen (secondary N) is 1. The lowest BCUT2D eigenvalue weighted by Crippen LogP contribution is -2.36. The van der Waals surface area contributed by atoms with Gasteiger partial charge in [-0.25, -0.2) is 4.39 Å². The molecule has 1 aromatic carbocycles. The third-order valence-electron chi connectivity index (χ3n) is 3.90. The molecule has 4 heteroatoms. The molecule has 1 aromatic rings. The second kappa shape index (κ2) is 7.23. The molecule has 1 aliphatic heterocycles. The largest absolute Gasteiger partial charge is 0.490 e. The monoisotopic (exact) mass is 295 g/mol. The summed E-state index contributed by atoms with van der Waals surface area (Å²) in [5, 5.41) is 3.25. The van der Waals surface area contributed by atoms with Crippen LogP contribution in [0.5, 0.6) is 5.75 Å². The number of rotatable bonds is 5. The van der Waals surface area contributed by atoms with Crippen molar-refractivity contribution in [2.24, 2.45) is 0 Å². The summed E-state index contributed by atoms with van der Waals surface area (Å²) in [5.74, 6) is 0.434. The molecular weight excluding hydrogens is 269 g/mol. The average molecular weight is 295 g/mol. The van der Waals surface area contributed by atoms with Crippen molar-refractivity contribution >= 4 is 0 Å². The van der Waals surface area contributed by atoms with E-state index in [1.165, 1.54) is 6.07 Å². The van der Waals surface area contributed by atoms with Gasteiger partial charge in [-0.3, -0.25) is 0 Å². The molecule has 3 atom stereocenters. The molecule has 3 nitrogen and oxygen atoms in total. The molecule has 0 aromatic heterocycles. The van der Waals surface area contributed by atoms with Crippen molar-refractivity contribution in [3.8, 4) is 5.75 Å². The second-order valence-corrected chi connectivity index (χ2v) is 5.90. The Morgan fingerprint density at radius 2 is 2.00 bits per heavy atom. The molecule has 1 saturated heterocycles. The van der Waals surface area contributed by atoms with Crippen LogP contribution in [0.3, 0.4) is 0 Å². The smallest absolute Gasteiger partial charge is 0.131 e. The van der Waals surface area contributed by atoms with Gasteiger partial charge in [0.2, 0.25) is 0 Å². The van der Waals surface area contributed by atoms with E-state index in [1.54, 1.807) is 6.07 Å². The predicted molar refractivity (Wildman–Crippen MR) is 82.2 cm³/mol. The highest BCUT2D eigenvalue weighted by Crippen LogP contribution is 2.31. The Bertz CT molecular complexity index is 456. The van der Waals surface area contributed by atoms with Gasteiger partial charge < -0.3 is 14.8 Å². The van der Waals surface area contributed by atoms with Crippen molar-refractivity contribution in [2.45, 2.75) is 64.9 Å². The lowest BCUT2D eigenvalue weighted by Gasteiger charge is -2.33. The lowest BCUT2D eigenvalue weighted by molar-refractivity contribution is -0.0724. The van der Waals surface area contributed by atoms with E-state index in [4.69, 9.17) is 9.47 Å². The van der Waals surface area contributed by atoms with Gasteiger partial charge in [-0.05, 0) is 39.4 Å². The molecule has 0 radical (unpaired) electrons. The van der Waals surface area contributed by atoms with E-state index in [2.05, 4.69) is 19.2 Å². The Morgan fingerprint density at radius 3 is 2.62 bits per heavy atom. The Kier molecular flexibility index (Phi) is 5.59. The van der Waals surface area contributed by atoms with Gasteiger partial charge in [-0.2, -0.15) is 0 Å². The first-order chi connectivity index (χ1) is 10.0. The molecule has 0 bridgehead atoms. The lowest BCUT2D eigenvalue weighted by atomic mass is 10.0. The van der Waals surface area contributed by atoms with Crippen LogP contribution in [0.15, 0.2) is 18.2 Å². The summed E-state index contributed by atoms with van der Waals surface area (Å²) in [6.07, 6.45) is 2.13. The first-order valence-electron chi connectivity index (χ1n) is 7.85. The summed E-state index contributed by atoms with van der Waals surface area (Å²) in [6, 6.07) is 4.99. The summed E-state index contributed by atoms with van der Waals surface area (Å²) in [5.41, 5.74) is 0.617. The van der Waals surface area contributed by atoms with Crippen LogP contribution in [0.1, 0.15) is 52.1 Å². The molecule has 1 fully saturated rings. The highest BCUT2D eigenvalue weighted by molar-refractivity contribution is 5.37. The molecule has 2 rings (SSSR count). The molecular formula is C17H26FNO2. The number of halogens is 1. The quantitative estimate of drug-likeness (QED) is 0.895. The molecule has 0 aliphatic carbocycles. The van der Waals surface area contributed by atoms with E-state index in [0.717, 1.165) is 19.4 Å². The molecule has 0 amide bonds. The van der Waals surface area contributed by atoms with Crippen LogP contribution in [0.2, 0.25) is 0 Å². The molecule has 3 unspecified atom stereocenters. The zero-order valence-corrected chi connectivity index (χ0v) is 13.4. The van der Waals surface area contributed by atoms with Crippen molar-refractivity contribution in [2.75, 3.05) is 6.54 Å². The minimum absolute atomic E-state index is 0.0686. The van der Waals surface area contributed by atoms with Crippen LogP contribution in [-0.4, -0.2) is 24.9 Å². The fourth-order valence-corrected chi connectivity index (χ4v) is 3.07. The van der Waals surface area contributed by atoms with Crippen LogP contribution < -0.4 is 10.1 Å². The average Bonchev–Trinajstić information content (AvgIpc) is 2.37. The van der Waals surface area contributed by atoms with E-state index in [-0.39, 0.29) is 30.2 Å². The summed E-state index contributed by atoms with van der Waals surface area (Å²) in [4.78, 5) is 0. The fourth-order valence-electron chi connectivity index (χ4n) is 3.07. The maximum atomic E-state index is 14.2. The molecule has 0 saturated carbocycles. The minimum atomic E-state index is -0.214. The van der Waals surface area contributed by atoms with Gasteiger partial charge in [-0.15, -0.1) is 0 Å². The third-order valence-corrected chi connectivity index (χ3v) is 3.90. The van der Waals surface area contributed by atoms with Gasteiger partial charge in [0.25, 0.3) is 0 Å². The first-order valence-corrected chi connectivity index (χ1v) is 7.85. The van der Waals surface area contributed by atoms with Crippen molar-refractivity contribution in [3.05, 3.63) is 29.6 Å². The van der Waals surface area contributed by atoms with Gasteiger partial charge in [0.1, 0.15) is 17.7 Å². The van der Waals surface area contributed by atoms with Crippen molar-refractivity contribution < 1.29 is 13.9 Å². The number of hydrogen-bond donors (Lipinski definition) is 1. The van der Waals surface area contributed by atoms with Crippen molar-refractivity contribution in [3.63, 3.8) is 0 Å². The molecule has 0 spiro atoms. The maximum Gasteiger partial charge on any atom is 0.131 e. The van der Waals surface area contributed by atoms with Gasteiger partial charge in [-0.1, -0.05) is 13.0 Å². The molecule has 21 heavy (non-hydrogen) atoms. The van der Waals surface area contributed by atoms with E-state index in [0.29, 0.717) is 11.3 Å². The Hall–Kier alpha value is -1.13. The third kappa shape index (κ3) is 4.17. The van der Waals surface area contributed by atoms with E-state index in [1.807, 2.05) is 19.9 Å². The molecule has 1 N–H and O–H groups in total. The molecule has 1 heterocycles. The summed E-state index contributed by atoms with van der Waals surface area (Å²) < 4.78 is 26.0. The van der Waals surface area contributed by atoms with Gasteiger partial charge in [0.05, 0.1) is 12.2 Å². The predicted octanol–water partition coefficient (Wildman–Crippen LogP) is 3.83. The van der Waals surface area contributed by atoms with Crippen molar-refractivity contribution in [1.29, 1.82) is 0 Å². The van der Waals surface area contributed by atoms with Crippen LogP contribution >= 0.6 is 0 Å². The zero-order chi connectivity index (χ0) is 15.4. The van der Waals surface area contributed by atoms with Crippen LogP contribution in [0.25, 0.3) is 0 Å². The zero-order valence-electron chi connectivity index (χ0n) is 13.4. The van der Waals surface area contributed by atoms with Crippen LogP contribution in [0, 0.1) is 5.82 Å². The Balaban J connectivity index is 2.17. The van der Waals surface area contributed by atoms with E-state index >= 15 is 0 Å². The SMILES string of the molecule is CCNC(C)c1c(F)cccc1OC1CC(C)OC(C)C1. The maximum absolute atomic E-state index is 14.2. The fraction of sp³-hybridized carbons (Fsp3) is 0.647. The Labute approximate surface area is 126 Å². The highest BCUT2D eigenvalue weighted by atomic mass is 19.1. The summed E-state index contributed by atoms with van der Waals surface area (Å²) in [6.45, 7) is 8.88. The molecule has 1 aliphatic rings. The number of ether oxygens (including phenoxy) is 2. The first kappa shape index (κ1) is 16.2. The van der Waals surface area contributed by atoms with Crippen LogP contribution in [-0.2, 0) is 4.74 Å². The number of benzene rings is 1. The topological polar surface area (TPSA) is 30.5 Å². The van der Waals surface area contributed by atoms with E-state index < -0.39 is 0 Å². The van der Waals surface area contributed by atoms with E-state index in [9.17, 15) is 4.39 Å². The normalized spacial score (nSPS) is 27.4. The number of hydrogen-bond acceptors (Lipinski definition) is 3. The van der Waals surface area contributed by atoms with Gasteiger partial charge in [0, 0.05) is 24.4 Å². The highest BCUT2D eigenvalue weighted by Gasteiger charge is 2.27. The van der Waals surface area contributed by atoms with Crippen LogP contribution in [0.4, 0.5) is 4.39 Å². The molecule has 118 valence electrons. The van der Waals surface area contributed by atoms with Gasteiger partial charge in [0.15, 0.2) is 0 Å². The summed E-state index contributed by atoms with van der Waals surface area (Å²) >= 11 is 0.